The van der Waals surface area contributed by atoms with Crippen LogP contribution < -0.4 is 11.6 Å². The molecule has 1 aliphatic carbocycles. The topological polar surface area (TPSA) is 69.9 Å². The molecule has 4 nitrogen and oxygen atoms in total. The Kier molecular flexibility index (Phi) is 5.11. The third-order valence-electron chi connectivity index (χ3n) is 4.29. The van der Waals surface area contributed by atoms with Crippen LogP contribution in [0, 0.1) is 0 Å². The van der Waals surface area contributed by atoms with Gasteiger partial charge in [-0.2, -0.15) is 0 Å². The third-order valence-corrected chi connectivity index (χ3v) is 4.29. The molecular weight excluding hydrogens is 236 g/mol. The second-order valence-corrected chi connectivity index (χ2v) is 5.82. The van der Waals surface area contributed by atoms with E-state index in [1.165, 1.54) is 57.8 Å². The Hall–Kier alpha value is -1.19. The zero-order chi connectivity index (χ0) is 13.7. The SMILES string of the molecule is CCCCCCCc1nc(C2CCCC2)n(N)c1N. The van der Waals surface area contributed by atoms with E-state index >= 15 is 0 Å². The first-order valence-corrected chi connectivity index (χ1v) is 7.86. The standard InChI is InChI=1S/C15H28N4/c1-2-3-4-5-6-11-13-14(16)19(17)15(18-13)12-9-7-8-10-12/h12H,2-11,16-17H2,1H3. The predicted octanol–water partition coefficient (Wildman–Crippen LogP) is 3.35. The molecule has 0 atom stereocenters. The van der Waals surface area contributed by atoms with Crippen molar-refractivity contribution in [3.63, 3.8) is 0 Å². The molecule has 2 rings (SSSR count). The van der Waals surface area contributed by atoms with Gasteiger partial charge in [0.1, 0.15) is 11.6 Å². The lowest BCUT2D eigenvalue weighted by Gasteiger charge is -2.08. The number of nitrogen functional groups attached to an aromatic ring is 2. The highest BCUT2D eigenvalue weighted by molar-refractivity contribution is 5.39. The molecule has 0 unspecified atom stereocenters. The van der Waals surface area contributed by atoms with Crippen molar-refractivity contribution in [2.24, 2.45) is 0 Å². The van der Waals surface area contributed by atoms with E-state index in [1.807, 2.05) is 0 Å². The third kappa shape index (κ3) is 3.43. The van der Waals surface area contributed by atoms with Crippen molar-refractivity contribution in [1.29, 1.82) is 0 Å². The molecule has 0 saturated heterocycles. The Morgan fingerprint density at radius 3 is 2.53 bits per heavy atom. The number of anilines is 1. The van der Waals surface area contributed by atoms with Crippen molar-refractivity contribution in [2.75, 3.05) is 11.6 Å². The molecule has 1 aromatic rings. The van der Waals surface area contributed by atoms with Gasteiger partial charge in [-0.25, -0.2) is 9.66 Å². The molecule has 0 amide bonds. The lowest BCUT2D eigenvalue weighted by atomic mass is 10.1. The number of nitrogens with zero attached hydrogens (tertiary/aromatic N) is 2. The molecule has 4 heteroatoms. The van der Waals surface area contributed by atoms with Crippen LogP contribution in [-0.2, 0) is 6.42 Å². The van der Waals surface area contributed by atoms with E-state index in [4.69, 9.17) is 16.6 Å². The summed E-state index contributed by atoms with van der Waals surface area (Å²) in [5, 5.41) is 0. The van der Waals surface area contributed by atoms with E-state index in [1.54, 1.807) is 4.68 Å². The molecule has 108 valence electrons. The molecule has 0 aliphatic heterocycles. The summed E-state index contributed by atoms with van der Waals surface area (Å²) >= 11 is 0. The summed E-state index contributed by atoms with van der Waals surface area (Å²) in [5.74, 6) is 8.28. The molecule has 0 radical (unpaired) electrons. The molecular formula is C15H28N4. The monoisotopic (exact) mass is 264 g/mol. The fraction of sp³-hybridized carbons (Fsp3) is 0.800. The van der Waals surface area contributed by atoms with Crippen LogP contribution in [0.1, 0.15) is 82.1 Å². The quantitative estimate of drug-likeness (QED) is 0.586. The van der Waals surface area contributed by atoms with Gasteiger partial charge in [0, 0.05) is 5.92 Å². The van der Waals surface area contributed by atoms with E-state index in [2.05, 4.69) is 6.92 Å². The highest BCUT2D eigenvalue weighted by Gasteiger charge is 2.24. The van der Waals surface area contributed by atoms with E-state index in [0.717, 1.165) is 17.9 Å². The highest BCUT2D eigenvalue weighted by atomic mass is 15.4. The lowest BCUT2D eigenvalue weighted by molar-refractivity contribution is 0.625. The van der Waals surface area contributed by atoms with Gasteiger partial charge in [0.05, 0.1) is 5.69 Å². The van der Waals surface area contributed by atoms with Gasteiger partial charge in [0.25, 0.3) is 0 Å². The first kappa shape index (κ1) is 14.2. The minimum absolute atomic E-state index is 0.529. The Morgan fingerprint density at radius 1 is 1.16 bits per heavy atom. The lowest BCUT2D eigenvalue weighted by Crippen LogP contribution is -2.17. The molecule has 4 N–H and O–H groups in total. The molecule has 0 bridgehead atoms. The van der Waals surface area contributed by atoms with Crippen molar-refractivity contribution in [2.45, 2.75) is 77.0 Å². The minimum atomic E-state index is 0.529. The van der Waals surface area contributed by atoms with Gasteiger partial charge < -0.3 is 11.6 Å². The van der Waals surface area contributed by atoms with Crippen LogP contribution in [0.15, 0.2) is 0 Å². The molecule has 1 fully saturated rings. The maximum absolute atomic E-state index is 6.09. The minimum Gasteiger partial charge on any atom is -0.382 e. The smallest absolute Gasteiger partial charge is 0.145 e. The van der Waals surface area contributed by atoms with Gasteiger partial charge in [0.15, 0.2) is 0 Å². The van der Waals surface area contributed by atoms with E-state index in [0.29, 0.717) is 11.7 Å². The molecule has 0 spiro atoms. The summed E-state index contributed by atoms with van der Waals surface area (Å²) in [6.45, 7) is 2.24. The number of aryl methyl sites for hydroxylation is 1. The number of nitrogens with two attached hydrogens (primary N) is 2. The molecule has 1 aliphatic rings. The Morgan fingerprint density at radius 2 is 1.84 bits per heavy atom. The van der Waals surface area contributed by atoms with Crippen molar-refractivity contribution < 1.29 is 0 Å². The zero-order valence-corrected chi connectivity index (χ0v) is 12.2. The van der Waals surface area contributed by atoms with E-state index in [9.17, 15) is 0 Å². The van der Waals surface area contributed by atoms with Gasteiger partial charge in [-0.05, 0) is 25.7 Å². The second kappa shape index (κ2) is 6.83. The fourth-order valence-corrected chi connectivity index (χ4v) is 3.06. The largest absolute Gasteiger partial charge is 0.382 e. The molecule has 1 aromatic heterocycles. The summed E-state index contributed by atoms with van der Waals surface area (Å²) in [7, 11) is 0. The van der Waals surface area contributed by atoms with Crippen LogP contribution >= 0.6 is 0 Å². The van der Waals surface area contributed by atoms with Crippen LogP contribution in [0.4, 0.5) is 5.82 Å². The predicted molar refractivity (Wildman–Crippen MR) is 80.5 cm³/mol. The van der Waals surface area contributed by atoms with Crippen molar-refractivity contribution in [3.05, 3.63) is 11.5 Å². The van der Waals surface area contributed by atoms with Crippen LogP contribution in [0.2, 0.25) is 0 Å². The average molecular weight is 264 g/mol. The van der Waals surface area contributed by atoms with E-state index in [-0.39, 0.29) is 0 Å². The van der Waals surface area contributed by atoms with Crippen molar-refractivity contribution >= 4 is 5.82 Å². The number of hydrogen-bond donors (Lipinski definition) is 2. The van der Waals surface area contributed by atoms with Crippen molar-refractivity contribution in [3.8, 4) is 0 Å². The number of hydrogen-bond acceptors (Lipinski definition) is 3. The van der Waals surface area contributed by atoms with Crippen molar-refractivity contribution in [1.82, 2.24) is 9.66 Å². The van der Waals surface area contributed by atoms with Crippen LogP contribution in [0.25, 0.3) is 0 Å². The van der Waals surface area contributed by atoms with Gasteiger partial charge in [-0.1, -0.05) is 45.4 Å². The first-order valence-electron chi connectivity index (χ1n) is 7.86. The molecule has 19 heavy (non-hydrogen) atoms. The maximum atomic E-state index is 6.09. The van der Waals surface area contributed by atoms with E-state index < -0.39 is 0 Å². The average Bonchev–Trinajstić information content (AvgIpc) is 3.02. The Balaban J connectivity index is 1.91. The van der Waals surface area contributed by atoms with Crippen LogP contribution in [0.3, 0.4) is 0 Å². The summed E-state index contributed by atoms with van der Waals surface area (Å²) < 4.78 is 1.64. The van der Waals surface area contributed by atoms with Crippen LogP contribution in [0.5, 0.6) is 0 Å². The first-order chi connectivity index (χ1) is 9.24. The summed E-state index contributed by atoms with van der Waals surface area (Å²) in [6, 6.07) is 0. The fourth-order valence-electron chi connectivity index (χ4n) is 3.06. The highest BCUT2D eigenvalue weighted by Crippen LogP contribution is 2.34. The normalized spacial score (nSPS) is 16.3. The summed E-state index contributed by atoms with van der Waals surface area (Å²) in [4.78, 5) is 4.72. The zero-order valence-electron chi connectivity index (χ0n) is 12.2. The Bertz CT molecular complexity index is 391. The van der Waals surface area contributed by atoms with Crippen LogP contribution in [-0.4, -0.2) is 9.66 Å². The number of aromatic nitrogens is 2. The van der Waals surface area contributed by atoms with Gasteiger partial charge >= 0.3 is 0 Å². The molecule has 0 aromatic carbocycles. The Labute approximate surface area is 116 Å². The van der Waals surface area contributed by atoms with Gasteiger partial charge in [-0.15, -0.1) is 0 Å². The molecule has 1 saturated carbocycles. The molecule has 1 heterocycles. The number of unbranched alkanes of at least 4 members (excludes halogenated alkanes) is 4. The van der Waals surface area contributed by atoms with Gasteiger partial charge in [-0.3, -0.25) is 0 Å². The second-order valence-electron chi connectivity index (χ2n) is 5.82. The summed E-state index contributed by atoms with van der Waals surface area (Å²) in [5.41, 5.74) is 7.10. The maximum Gasteiger partial charge on any atom is 0.145 e. The van der Waals surface area contributed by atoms with Gasteiger partial charge in [0.2, 0.25) is 0 Å². The summed E-state index contributed by atoms with van der Waals surface area (Å²) in [6.07, 6.45) is 12.4. The number of imidazole rings is 1. The number of rotatable bonds is 7.